The first-order valence-electron chi connectivity index (χ1n) is 6.33. The minimum atomic E-state index is 0.285. The molecule has 0 saturated heterocycles. The second kappa shape index (κ2) is 6.50. The number of hydrogen-bond acceptors (Lipinski definition) is 3. The summed E-state index contributed by atoms with van der Waals surface area (Å²) in [6, 6.07) is 4.18. The van der Waals surface area contributed by atoms with Crippen LogP contribution in [0.15, 0.2) is 29.9 Å². The van der Waals surface area contributed by atoms with Gasteiger partial charge in [0, 0.05) is 30.2 Å². The molecule has 4 heteroatoms. The fourth-order valence-electron chi connectivity index (χ4n) is 1.97. The lowest BCUT2D eigenvalue weighted by molar-refractivity contribution is -0.118. The van der Waals surface area contributed by atoms with E-state index >= 15 is 0 Å². The highest BCUT2D eigenvalue weighted by Gasteiger charge is 2.08. The molecule has 0 aliphatic rings. The Morgan fingerprint density at radius 1 is 1.50 bits per heavy atom. The van der Waals surface area contributed by atoms with Gasteiger partial charge in [-0.1, -0.05) is 6.07 Å². The number of ketones is 1. The molecule has 96 valence electrons. The average molecular weight is 262 g/mol. The van der Waals surface area contributed by atoms with Crippen molar-refractivity contribution in [3.05, 3.63) is 40.6 Å². The number of aryl methyl sites for hydroxylation is 2. The molecule has 0 bridgehead atoms. The summed E-state index contributed by atoms with van der Waals surface area (Å²) in [7, 11) is 0. The third kappa shape index (κ3) is 3.53. The second-order valence-corrected chi connectivity index (χ2v) is 5.31. The second-order valence-electron chi connectivity index (χ2n) is 4.28. The zero-order valence-corrected chi connectivity index (χ0v) is 11.4. The first-order chi connectivity index (χ1) is 8.79. The fraction of sp³-hybridized carbons (Fsp3) is 0.429. The highest BCUT2D eigenvalue weighted by atomic mass is 32.1. The molecular weight excluding hydrogens is 244 g/mol. The first-order valence-corrected chi connectivity index (χ1v) is 7.21. The van der Waals surface area contributed by atoms with Crippen molar-refractivity contribution in [2.45, 2.75) is 39.2 Å². The minimum Gasteiger partial charge on any atom is -0.335 e. The van der Waals surface area contributed by atoms with Crippen molar-refractivity contribution < 1.29 is 4.79 Å². The van der Waals surface area contributed by atoms with Crippen molar-refractivity contribution in [2.75, 3.05) is 0 Å². The molecule has 2 heterocycles. The molecule has 3 nitrogen and oxygen atoms in total. The lowest BCUT2D eigenvalue weighted by Gasteiger charge is -2.03. The SMILES string of the molecule is CCn1ccnc1CC(=O)CCCc1cccs1. The molecule has 0 spiro atoms. The summed E-state index contributed by atoms with van der Waals surface area (Å²) in [5, 5.41) is 2.08. The quantitative estimate of drug-likeness (QED) is 0.768. The van der Waals surface area contributed by atoms with Gasteiger partial charge in [-0.25, -0.2) is 4.98 Å². The van der Waals surface area contributed by atoms with E-state index in [4.69, 9.17) is 0 Å². The van der Waals surface area contributed by atoms with Crippen molar-refractivity contribution >= 4 is 17.1 Å². The number of imidazole rings is 1. The van der Waals surface area contributed by atoms with Crippen molar-refractivity contribution in [1.29, 1.82) is 0 Å². The fourth-order valence-corrected chi connectivity index (χ4v) is 2.73. The number of hydrogen-bond donors (Lipinski definition) is 0. The van der Waals surface area contributed by atoms with Crippen LogP contribution in [0.3, 0.4) is 0 Å². The molecule has 0 fully saturated rings. The normalized spacial score (nSPS) is 10.7. The molecule has 2 aromatic heterocycles. The van der Waals surface area contributed by atoms with Crippen LogP contribution in [0.2, 0.25) is 0 Å². The van der Waals surface area contributed by atoms with E-state index in [1.807, 2.05) is 10.8 Å². The Hall–Kier alpha value is -1.42. The van der Waals surface area contributed by atoms with Gasteiger partial charge in [0.1, 0.15) is 11.6 Å². The third-order valence-electron chi connectivity index (χ3n) is 2.96. The number of carbonyl (C=O) groups excluding carboxylic acids is 1. The van der Waals surface area contributed by atoms with Gasteiger partial charge in [0.05, 0.1) is 6.42 Å². The summed E-state index contributed by atoms with van der Waals surface area (Å²) in [4.78, 5) is 17.4. The number of carbonyl (C=O) groups is 1. The summed E-state index contributed by atoms with van der Waals surface area (Å²) >= 11 is 1.76. The predicted octanol–water partition coefficient (Wildman–Crippen LogP) is 3.10. The summed E-state index contributed by atoms with van der Waals surface area (Å²) < 4.78 is 2.02. The van der Waals surface area contributed by atoms with Crippen LogP contribution in [0, 0.1) is 0 Å². The average Bonchev–Trinajstić information content (AvgIpc) is 3.00. The van der Waals surface area contributed by atoms with E-state index in [9.17, 15) is 4.79 Å². The molecule has 0 saturated carbocycles. The number of thiophene rings is 1. The Bertz CT molecular complexity index is 488. The molecule has 0 radical (unpaired) electrons. The Balaban J connectivity index is 1.75. The Labute approximate surface area is 111 Å². The van der Waals surface area contributed by atoms with Gasteiger partial charge < -0.3 is 4.57 Å². The van der Waals surface area contributed by atoms with Gasteiger partial charge in [-0.3, -0.25) is 4.79 Å². The predicted molar refractivity (Wildman–Crippen MR) is 73.9 cm³/mol. The largest absolute Gasteiger partial charge is 0.335 e. The number of aromatic nitrogens is 2. The highest BCUT2D eigenvalue weighted by molar-refractivity contribution is 7.09. The summed E-state index contributed by atoms with van der Waals surface area (Å²) in [6.45, 7) is 2.93. The van der Waals surface area contributed by atoms with Crippen LogP contribution < -0.4 is 0 Å². The van der Waals surface area contributed by atoms with E-state index in [2.05, 4.69) is 29.4 Å². The van der Waals surface area contributed by atoms with Crippen LogP contribution in [0.25, 0.3) is 0 Å². The third-order valence-corrected chi connectivity index (χ3v) is 3.89. The lowest BCUT2D eigenvalue weighted by Crippen LogP contribution is -2.09. The van der Waals surface area contributed by atoms with Gasteiger partial charge in [-0.15, -0.1) is 11.3 Å². The van der Waals surface area contributed by atoms with Crippen LogP contribution in [0.4, 0.5) is 0 Å². The Morgan fingerprint density at radius 3 is 3.11 bits per heavy atom. The van der Waals surface area contributed by atoms with Crippen molar-refractivity contribution in [1.82, 2.24) is 9.55 Å². The maximum absolute atomic E-state index is 11.9. The standard InChI is InChI=1S/C14H18N2OS/c1-2-16-9-8-15-14(16)11-12(17)5-3-6-13-7-4-10-18-13/h4,7-10H,2-3,5-6,11H2,1H3. The number of nitrogens with zero attached hydrogens (tertiary/aromatic N) is 2. The zero-order chi connectivity index (χ0) is 12.8. The molecule has 0 aliphatic heterocycles. The van der Waals surface area contributed by atoms with E-state index in [1.165, 1.54) is 4.88 Å². The monoisotopic (exact) mass is 262 g/mol. The molecule has 2 aromatic rings. The topological polar surface area (TPSA) is 34.9 Å². The van der Waals surface area contributed by atoms with Gasteiger partial charge >= 0.3 is 0 Å². The zero-order valence-electron chi connectivity index (χ0n) is 10.6. The van der Waals surface area contributed by atoms with Gasteiger partial charge in [-0.2, -0.15) is 0 Å². The van der Waals surface area contributed by atoms with E-state index in [0.717, 1.165) is 25.2 Å². The van der Waals surface area contributed by atoms with E-state index < -0.39 is 0 Å². The van der Waals surface area contributed by atoms with Gasteiger partial charge in [0.15, 0.2) is 0 Å². The molecule has 0 N–H and O–H groups in total. The molecule has 0 aliphatic carbocycles. The Morgan fingerprint density at radius 2 is 2.39 bits per heavy atom. The van der Waals surface area contributed by atoms with Crippen LogP contribution in [-0.2, 0) is 24.2 Å². The van der Waals surface area contributed by atoms with Gasteiger partial charge in [-0.05, 0) is 31.2 Å². The van der Waals surface area contributed by atoms with Crippen LogP contribution >= 0.6 is 11.3 Å². The highest BCUT2D eigenvalue weighted by Crippen LogP contribution is 2.12. The molecule has 18 heavy (non-hydrogen) atoms. The van der Waals surface area contributed by atoms with Crippen LogP contribution in [-0.4, -0.2) is 15.3 Å². The van der Waals surface area contributed by atoms with Crippen LogP contribution in [0.5, 0.6) is 0 Å². The molecule has 2 rings (SSSR count). The molecular formula is C14H18N2OS. The summed E-state index contributed by atoms with van der Waals surface area (Å²) in [5.74, 6) is 1.17. The van der Waals surface area contributed by atoms with Crippen LogP contribution in [0.1, 0.15) is 30.5 Å². The van der Waals surface area contributed by atoms with E-state index in [0.29, 0.717) is 12.8 Å². The van der Waals surface area contributed by atoms with Gasteiger partial charge in [0.2, 0.25) is 0 Å². The Kier molecular flexibility index (Phi) is 4.70. The molecule has 0 atom stereocenters. The van der Waals surface area contributed by atoms with Crippen molar-refractivity contribution in [2.24, 2.45) is 0 Å². The number of rotatable bonds is 7. The van der Waals surface area contributed by atoms with Crippen molar-refractivity contribution in [3.8, 4) is 0 Å². The maximum atomic E-state index is 11.9. The minimum absolute atomic E-state index is 0.285. The first kappa shape index (κ1) is 13.0. The molecule has 0 aromatic carbocycles. The van der Waals surface area contributed by atoms with E-state index in [-0.39, 0.29) is 5.78 Å². The summed E-state index contributed by atoms with van der Waals surface area (Å²) in [6.07, 6.45) is 6.74. The smallest absolute Gasteiger partial charge is 0.140 e. The van der Waals surface area contributed by atoms with E-state index in [1.54, 1.807) is 17.5 Å². The van der Waals surface area contributed by atoms with Crippen molar-refractivity contribution in [3.63, 3.8) is 0 Å². The van der Waals surface area contributed by atoms with Gasteiger partial charge in [0.25, 0.3) is 0 Å². The number of Topliss-reactive ketones (excluding diaryl/α,β-unsaturated/α-hetero) is 1. The molecule has 0 unspecified atom stereocenters. The maximum Gasteiger partial charge on any atom is 0.140 e. The molecule has 0 amide bonds. The lowest BCUT2D eigenvalue weighted by atomic mass is 10.1. The summed E-state index contributed by atoms with van der Waals surface area (Å²) in [5.41, 5.74) is 0.